The molecule has 0 atom stereocenters. The third kappa shape index (κ3) is 3.63. The molecule has 3 aromatic rings. The lowest BCUT2D eigenvalue weighted by atomic mass is 10.1. The molecule has 1 fully saturated rings. The van der Waals surface area contributed by atoms with E-state index in [1.165, 1.54) is 4.80 Å². The van der Waals surface area contributed by atoms with Crippen molar-refractivity contribution in [3.63, 3.8) is 0 Å². The van der Waals surface area contributed by atoms with Crippen molar-refractivity contribution in [2.45, 2.75) is 25.9 Å². The summed E-state index contributed by atoms with van der Waals surface area (Å²) in [6.07, 6.45) is 2.14. The molecule has 8 heteroatoms. The summed E-state index contributed by atoms with van der Waals surface area (Å²) in [5, 5.41) is 20.5. The van der Waals surface area contributed by atoms with Crippen molar-refractivity contribution in [2.75, 3.05) is 18.0 Å². The number of benzene rings is 1. The zero-order valence-electron chi connectivity index (χ0n) is 14.9. The van der Waals surface area contributed by atoms with Crippen LogP contribution in [0.25, 0.3) is 11.4 Å². The Balaban J connectivity index is 1.33. The fourth-order valence-corrected chi connectivity index (χ4v) is 3.04. The van der Waals surface area contributed by atoms with E-state index in [-0.39, 0.29) is 6.10 Å². The summed E-state index contributed by atoms with van der Waals surface area (Å²) in [6.45, 7) is 3.79. The number of nitrogens with zero attached hydrogens (tertiary/aromatic N) is 7. The molecule has 0 unspecified atom stereocenters. The van der Waals surface area contributed by atoms with Gasteiger partial charge in [-0.1, -0.05) is 0 Å². The molecular formula is C18H21N7O. The summed E-state index contributed by atoms with van der Waals surface area (Å²) in [6, 6.07) is 11.9. The molecule has 0 radical (unpaired) electrons. The van der Waals surface area contributed by atoms with Crippen molar-refractivity contribution in [3.8, 4) is 17.1 Å². The summed E-state index contributed by atoms with van der Waals surface area (Å²) in [4.78, 5) is 3.71. The molecule has 0 spiro atoms. The molecule has 1 aromatic carbocycles. The average Bonchev–Trinajstić information content (AvgIpc) is 3.10. The van der Waals surface area contributed by atoms with Gasteiger partial charge in [0.05, 0.1) is 12.7 Å². The predicted molar refractivity (Wildman–Crippen MR) is 96.9 cm³/mol. The van der Waals surface area contributed by atoms with Crippen molar-refractivity contribution in [1.82, 2.24) is 30.4 Å². The van der Waals surface area contributed by atoms with Crippen LogP contribution >= 0.6 is 0 Å². The van der Waals surface area contributed by atoms with Gasteiger partial charge in [0.25, 0.3) is 0 Å². The first-order chi connectivity index (χ1) is 12.7. The van der Waals surface area contributed by atoms with Gasteiger partial charge in [-0.25, -0.2) is 0 Å². The fraction of sp³-hybridized carbons (Fsp3) is 0.389. The van der Waals surface area contributed by atoms with E-state index in [1.54, 1.807) is 7.05 Å². The van der Waals surface area contributed by atoms with Gasteiger partial charge in [-0.15, -0.1) is 15.3 Å². The zero-order chi connectivity index (χ0) is 17.9. The quantitative estimate of drug-likeness (QED) is 0.711. The van der Waals surface area contributed by atoms with E-state index in [2.05, 4.69) is 30.5 Å². The second kappa shape index (κ2) is 7.07. The van der Waals surface area contributed by atoms with Gasteiger partial charge in [0.1, 0.15) is 11.9 Å². The maximum atomic E-state index is 6.13. The number of ether oxygens (including phenoxy) is 1. The average molecular weight is 351 g/mol. The molecule has 3 heterocycles. The highest BCUT2D eigenvalue weighted by molar-refractivity contribution is 5.55. The first-order valence-electron chi connectivity index (χ1n) is 8.74. The highest BCUT2D eigenvalue weighted by atomic mass is 16.5. The molecule has 0 saturated carbocycles. The highest BCUT2D eigenvalue weighted by Crippen LogP contribution is 2.24. The molecule has 0 N–H and O–H groups in total. The smallest absolute Gasteiger partial charge is 0.204 e. The van der Waals surface area contributed by atoms with Crippen LogP contribution in [0, 0.1) is 6.92 Å². The summed E-state index contributed by atoms with van der Waals surface area (Å²) in [7, 11) is 1.75. The zero-order valence-corrected chi connectivity index (χ0v) is 14.9. The van der Waals surface area contributed by atoms with E-state index >= 15 is 0 Å². The summed E-state index contributed by atoms with van der Waals surface area (Å²) < 4.78 is 6.13. The van der Waals surface area contributed by atoms with Gasteiger partial charge in [0, 0.05) is 31.5 Å². The molecule has 8 nitrogen and oxygen atoms in total. The van der Waals surface area contributed by atoms with Crippen molar-refractivity contribution in [1.29, 1.82) is 0 Å². The van der Waals surface area contributed by atoms with Gasteiger partial charge < -0.3 is 9.64 Å². The Labute approximate surface area is 151 Å². The fourth-order valence-electron chi connectivity index (χ4n) is 3.04. The first-order valence-corrected chi connectivity index (χ1v) is 8.74. The van der Waals surface area contributed by atoms with Gasteiger partial charge in [0.15, 0.2) is 5.82 Å². The van der Waals surface area contributed by atoms with Crippen molar-refractivity contribution < 1.29 is 4.74 Å². The van der Waals surface area contributed by atoms with Crippen molar-refractivity contribution >= 4 is 5.82 Å². The van der Waals surface area contributed by atoms with Crippen molar-refractivity contribution in [3.05, 3.63) is 42.1 Å². The molecule has 2 aromatic heterocycles. The Morgan fingerprint density at radius 3 is 2.35 bits per heavy atom. The SMILES string of the molecule is Cc1ccc(N2CCC(Oc3ccc(-c4nnn(C)n4)cc3)CC2)nn1. The molecule has 0 bridgehead atoms. The predicted octanol–water partition coefficient (Wildman–Crippen LogP) is 2.02. The van der Waals surface area contributed by atoms with Crippen molar-refractivity contribution in [2.24, 2.45) is 7.05 Å². The molecule has 4 rings (SSSR count). The largest absolute Gasteiger partial charge is 0.490 e. The monoisotopic (exact) mass is 351 g/mol. The molecule has 1 saturated heterocycles. The number of piperidine rings is 1. The number of anilines is 1. The van der Waals surface area contributed by atoms with Gasteiger partial charge >= 0.3 is 0 Å². The van der Waals surface area contributed by atoms with Gasteiger partial charge in [-0.05, 0) is 48.5 Å². The Morgan fingerprint density at radius 1 is 0.962 bits per heavy atom. The molecule has 0 aliphatic carbocycles. The maximum Gasteiger partial charge on any atom is 0.204 e. The summed E-state index contributed by atoms with van der Waals surface area (Å²) in [5.74, 6) is 2.42. The number of hydrogen-bond donors (Lipinski definition) is 0. The van der Waals surface area contributed by atoms with Crippen LogP contribution in [-0.4, -0.2) is 49.6 Å². The number of rotatable bonds is 4. The number of aryl methyl sites for hydroxylation is 2. The van der Waals surface area contributed by atoms with E-state index in [0.717, 1.165) is 48.8 Å². The molecule has 1 aliphatic heterocycles. The third-order valence-electron chi connectivity index (χ3n) is 4.47. The molecule has 0 amide bonds. The highest BCUT2D eigenvalue weighted by Gasteiger charge is 2.21. The van der Waals surface area contributed by atoms with E-state index in [0.29, 0.717) is 5.82 Å². The summed E-state index contributed by atoms with van der Waals surface area (Å²) in [5.41, 5.74) is 1.87. The lowest BCUT2D eigenvalue weighted by Crippen LogP contribution is -2.38. The normalized spacial score (nSPS) is 15.2. The van der Waals surface area contributed by atoms with Crippen LogP contribution in [0.4, 0.5) is 5.82 Å². The third-order valence-corrected chi connectivity index (χ3v) is 4.47. The molecule has 1 aliphatic rings. The van der Waals surface area contributed by atoms with Gasteiger partial charge in [-0.3, -0.25) is 0 Å². The number of tetrazole rings is 1. The summed E-state index contributed by atoms with van der Waals surface area (Å²) >= 11 is 0. The van der Waals surface area contributed by atoms with Gasteiger partial charge in [-0.2, -0.15) is 9.90 Å². The lowest BCUT2D eigenvalue weighted by molar-refractivity contribution is 0.170. The maximum absolute atomic E-state index is 6.13. The van der Waals surface area contributed by atoms with Gasteiger partial charge in [0.2, 0.25) is 5.82 Å². The molecular weight excluding hydrogens is 330 g/mol. The van der Waals surface area contributed by atoms with Crippen LogP contribution in [0.15, 0.2) is 36.4 Å². The standard InChI is InChI=1S/C18H21N7O/c1-13-3-8-17(20-19-13)25-11-9-16(10-12-25)26-15-6-4-14(5-7-15)18-21-23-24(2)22-18/h3-8,16H,9-12H2,1-2H3. The minimum absolute atomic E-state index is 0.213. The van der Waals surface area contributed by atoms with Crippen LogP contribution in [0.5, 0.6) is 5.75 Å². The Morgan fingerprint density at radius 2 is 1.73 bits per heavy atom. The topological polar surface area (TPSA) is 81.9 Å². The Hall–Kier alpha value is -3.03. The van der Waals surface area contributed by atoms with Crippen LogP contribution in [0.1, 0.15) is 18.5 Å². The lowest BCUT2D eigenvalue weighted by Gasteiger charge is -2.32. The minimum Gasteiger partial charge on any atom is -0.490 e. The molecule has 134 valence electrons. The number of hydrogen-bond acceptors (Lipinski definition) is 7. The number of aromatic nitrogens is 6. The Bertz CT molecular complexity index is 852. The van der Waals surface area contributed by atoms with Crippen LogP contribution < -0.4 is 9.64 Å². The van der Waals surface area contributed by atoms with E-state index in [1.807, 2.05) is 43.3 Å². The van der Waals surface area contributed by atoms with E-state index in [9.17, 15) is 0 Å². The second-order valence-electron chi connectivity index (χ2n) is 6.46. The van der Waals surface area contributed by atoms with E-state index in [4.69, 9.17) is 4.74 Å². The first kappa shape index (κ1) is 16.4. The minimum atomic E-state index is 0.213. The van der Waals surface area contributed by atoms with Crippen LogP contribution in [0.2, 0.25) is 0 Å². The van der Waals surface area contributed by atoms with E-state index < -0.39 is 0 Å². The van der Waals surface area contributed by atoms with Crippen LogP contribution in [-0.2, 0) is 7.05 Å². The second-order valence-corrected chi connectivity index (χ2v) is 6.46. The molecule has 26 heavy (non-hydrogen) atoms. The Kier molecular flexibility index (Phi) is 4.47. The van der Waals surface area contributed by atoms with Crippen LogP contribution in [0.3, 0.4) is 0 Å².